The maximum absolute atomic E-state index is 12.0. The average molecular weight is 310 g/mol. The molecule has 0 unspecified atom stereocenters. The van der Waals surface area contributed by atoms with Crippen molar-refractivity contribution >= 4 is 33.6 Å². The van der Waals surface area contributed by atoms with Crippen LogP contribution in [0.15, 0.2) is 18.5 Å². The van der Waals surface area contributed by atoms with Gasteiger partial charge in [-0.3, -0.25) is 0 Å². The van der Waals surface area contributed by atoms with Crippen molar-refractivity contribution in [2.24, 2.45) is 0 Å². The van der Waals surface area contributed by atoms with Gasteiger partial charge in [0.25, 0.3) is 0 Å². The normalized spacial score (nSPS) is 11.1. The Morgan fingerprint density at radius 1 is 1.43 bits per heavy atom. The summed E-state index contributed by atoms with van der Waals surface area (Å²) in [6.45, 7) is -2.83. The Balaban J connectivity index is 2.55. The second-order valence-corrected chi connectivity index (χ2v) is 3.83. The van der Waals surface area contributed by atoms with Crippen LogP contribution in [0.4, 0.5) is 8.78 Å². The molecule has 6 heteroatoms. The largest absolute Gasteiger partial charge is 0.432 e. The summed E-state index contributed by atoms with van der Waals surface area (Å²) in [7, 11) is 0. The van der Waals surface area contributed by atoms with Crippen LogP contribution in [0.5, 0.6) is 5.75 Å². The highest BCUT2D eigenvalue weighted by Crippen LogP contribution is 2.26. The minimum atomic E-state index is -2.83. The predicted octanol–water partition coefficient (Wildman–Crippen LogP) is 2.77. The number of imidazole rings is 1. The molecule has 1 N–H and O–H groups in total. The number of benzene rings is 1. The summed E-state index contributed by atoms with van der Waals surface area (Å²) >= 11 is 2.03. The number of hydrogen-bond acceptors (Lipinski definition) is 2. The van der Waals surface area contributed by atoms with Crippen molar-refractivity contribution in [2.45, 2.75) is 6.61 Å². The number of H-pyrrole nitrogens is 1. The first-order chi connectivity index (χ1) is 6.66. The molecule has 0 aliphatic carbocycles. The predicted molar refractivity (Wildman–Crippen MR) is 55.4 cm³/mol. The second kappa shape index (κ2) is 3.68. The number of nitrogens with zero attached hydrogens (tertiary/aromatic N) is 1. The zero-order chi connectivity index (χ0) is 10.1. The molecule has 0 radical (unpaired) electrons. The number of aromatic amines is 1. The van der Waals surface area contributed by atoms with Gasteiger partial charge >= 0.3 is 6.61 Å². The summed E-state index contributed by atoms with van der Waals surface area (Å²) in [5.74, 6) is 0.100. The van der Waals surface area contributed by atoms with Gasteiger partial charge in [0.15, 0.2) is 5.75 Å². The molecule has 2 aromatic rings. The van der Waals surface area contributed by atoms with Crippen molar-refractivity contribution in [3.8, 4) is 5.75 Å². The number of fused-ring (bicyclic) bond motifs is 1. The van der Waals surface area contributed by atoms with Gasteiger partial charge in [-0.1, -0.05) is 0 Å². The Hall–Kier alpha value is -0.920. The highest BCUT2D eigenvalue weighted by Gasteiger charge is 2.11. The summed E-state index contributed by atoms with van der Waals surface area (Å²) in [5.41, 5.74) is 1.11. The molecule has 2 rings (SSSR count). The van der Waals surface area contributed by atoms with Gasteiger partial charge in [-0.15, -0.1) is 0 Å². The first kappa shape index (κ1) is 9.63. The zero-order valence-electron chi connectivity index (χ0n) is 6.80. The molecular weight excluding hydrogens is 305 g/mol. The molecule has 14 heavy (non-hydrogen) atoms. The lowest BCUT2D eigenvalue weighted by Gasteiger charge is -2.05. The smallest absolute Gasteiger partial charge is 0.387 e. The number of aromatic nitrogens is 2. The summed E-state index contributed by atoms with van der Waals surface area (Å²) < 4.78 is 29.2. The van der Waals surface area contributed by atoms with E-state index in [2.05, 4.69) is 14.7 Å². The fourth-order valence-corrected chi connectivity index (χ4v) is 1.76. The maximum atomic E-state index is 12.0. The van der Waals surface area contributed by atoms with Gasteiger partial charge < -0.3 is 9.72 Å². The molecule has 0 spiro atoms. The van der Waals surface area contributed by atoms with Crippen LogP contribution < -0.4 is 4.74 Å². The molecule has 1 aromatic carbocycles. The Morgan fingerprint density at radius 3 is 2.93 bits per heavy atom. The van der Waals surface area contributed by atoms with Gasteiger partial charge in [0.2, 0.25) is 0 Å². The van der Waals surface area contributed by atoms with Gasteiger partial charge in [0, 0.05) is 3.57 Å². The molecule has 1 aromatic heterocycles. The summed E-state index contributed by atoms with van der Waals surface area (Å²) in [6.07, 6.45) is 1.44. The van der Waals surface area contributed by atoms with Crippen molar-refractivity contribution in [3.63, 3.8) is 0 Å². The molecule has 74 valence electrons. The van der Waals surface area contributed by atoms with Gasteiger partial charge in [0.05, 0.1) is 11.8 Å². The summed E-state index contributed by atoms with van der Waals surface area (Å²) in [5, 5.41) is 0. The standard InChI is InChI=1S/C8H5F2IN2O/c9-8(10)14-6-2-4(11)1-5-7(6)13-3-12-5/h1-3,8H,(H,12,13). The SMILES string of the molecule is FC(F)Oc1cc(I)cc2[nH]cnc12. The number of ether oxygens (including phenoxy) is 1. The van der Waals surface area contributed by atoms with Crippen LogP contribution in [0.25, 0.3) is 11.0 Å². The molecule has 3 nitrogen and oxygen atoms in total. The molecular formula is C8H5F2IN2O. The molecule has 0 saturated heterocycles. The highest BCUT2D eigenvalue weighted by molar-refractivity contribution is 14.1. The van der Waals surface area contributed by atoms with Gasteiger partial charge in [0.1, 0.15) is 5.52 Å². The van der Waals surface area contributed by atoms with Crippen LogP contribution in [-0.4, -0.2) is 16.6 Å². The molecule has 0 saturated carbocycles. The molecule has 0 fully saturated rings. The number of hydrogen-bond donors (Lipinski definition) is 1. The van der Waals surface area contributed by atoms with Gasteiger partial charge in [-0.2, -0.15) is 8.78 Å². The van der Waals surface area contributed by atoms with Crippen LogP contribution in [-0.2, 0) is 0 Å². The minimum absolute atomic E-state index is 0.100. The Kier molecular flexibility index (Phi) is 2.53. The molecule has 0 aliphatic rings. The average Bonchev–Trinajstić information content (AvgIpc) is 2.50. The van der Waals surface area contributed by atoms with E-state index in [1.807, 2.05) is 22.6 Å². The van der Waals surface area contributed by atoms with E-state index in [0.29, 0.717) is 11.0 Å². The van der Waals surface area contributed by atoms with Crippen LogP contribution in [0, 0.1) is 3.57 Å². The second-order valence-electron chi connectivity index (χ2n) is 2.58. The van der Waals surface area contributed by atoms with Crippen LogP contribution in [0.1, 0.15) is 0 Å². The van der Waals surface area contributed by atoms with Crippen molar-refractivity contribution in [3.05, 3.63) is 22.0 Å². The number of alkyl halides is 2. The quantitative estimate of drug-likeness (QED) is 0.866. The maximum Gasteiger partial charge on any atom is 0.387 e. The fourth-order valence-electron chi connectivity index (χ4n) is 1.17. The van der Waals surface area contributed by atoms with E-state index in [0.717, 1.165) is 3.57 Å². The van der Waals surface area contributed by atoms with Crippen LogP contribution in [0.3, 0.4) is 0 Å². The van der Waals surface area contributed by atoms with E-state index in [4.69, 9.17) is 0 Å². The van der Waals surface area contributed by atoms with Crippen LogP contribution >= 0.6 is 22.6 Å². The summed E-state index contributed by atoms with van der Waals surface area (Å²) in [4.78, 5) is 6.73. The first-order valence-electron chi connectivity index (χ1n) is 3.74. The Labute approximate surface area is 91.6 Å². The van der Waals surface area contributed by atoms with E-state index >= 15 is 0 Å². The molecule has 1 heterocycles. The van der Waals surface area contributed by atoms with E-state index < -0.39 is 6.61 Å². The molecule has 0 atom stereocenters. The van der Waals surface area contributed by atoms with E-state index in [9.17, 15) is 8.78 Å². The number of rotatable bonds is 2. The van der Waals surface area contributed by atoms with Gasteiger partial charge in [-0.25, -0.2) is 4.98 Å². The van der Waals surface area contributed by atoms with Crippen molar-refractivity contribution in [1.82, 2.24) is 9.97 Å². The number of nitrogens with one attached hydrogen (secondary N) is 1. The number of halogens is 3. The lowest BCUT2D eigenvalue weighted by atomic mass is 10.3. The highest BCUT2D eigenvalue weighted by atomic mass is 127. The lowest BCUT2D eigenvalue weighted by Crippen LogP contribution is -2.02. The summed E-state index contributed by atoms with van der Waals surface area (Å²) in [6, 6.07) is 3.33. The monoisotopic (exact) mass is 310 g/mol. The third-order valence-electron chi connectivity index (χ3n) is 1.67. The third kappa shape index (κ3) is 1.79. The van der Waals surface area contributed by atoms with Crippen molar-refractivity contribution in [1.29, 1.82) is 0 Å². The topological polar surface area (TPSA) is 37.9 Å². The first-order valence-corrected chi connectivity index (χ1v) is 4.82. The molecule has 0 amide bonds. The van der Waals surface area contributed by atoms with E-state index in [1.165, 1.54) is 12.4 Å². The Morgan fingerprint density at radius 2 is 2.21 bits per heavy atom. The molecule has 0 aliphatic heterocycles. The molecule has 0 bridgehead atoms. The van der Waals surface area contributed by atoms with E-state index in [-0.39, 0.29) is 5.75 Å². The zero-order valence-corrected chi connectivity index (χ0v) is 8.96. The van der Waals surface area contributed by atoms with Crippen molar-refractivity contribution in [2.75, 3.05) is 0 Å². The van der Waals surface area contributed by atoms with Crippen LogP contribution in [0.2, 0.25) is 0 Å². The van der Waals surface area contributed by atoms with E-state index in [1.54, 1.807) is 6.07 Å². The van der Waals surface area contributed by atoms with Crippen molar-refractivity contribution < 1.29 is 13.5 Å². The minimum Gasteiger partial charge on any atom is -0.432 e. The third-order valence-corrected chi connectivity index (χ3v) is 2.29. The lowest BCUT2D eigenvalue weighted by molar-refractivity contribution is -0.0489. The Bertz CT molecular complexity index is 458. The van der Waals surface area contributed by atoms with Gasteiger partial charge in [-0.05, 0) is 34.7 Å². The fraction of sp³-hybridized carbons (Fsp3) is 0.125.